The molecule has 1 aromatic carbocycles. The zero-order valence-corrected chi connectivity index (χ0v) is 11.4. The van der Waals surface area contributed by atoms with Crippen molar-refractivity contribution >= 4 is 11.6 Å². The molecule has 0 aliphatic carbocycles. The number of aryl methyl sites for hydroxylation is 1. The average molecular weight is 246 g/mol. The number of hydrogen-bond donors (Lipinski definition) is 1. The van der Waals surface area contributed by atoms with E-state index >= 15 is 0 Å². The first kappa shape index (κ1) is 13.1. The Hall–Kier alpha value is -1.35. The minimum Gasteiger partial charge on any atom is -0.330 e. The second-order valence-electron chi connectivity index (χ2n) is 5.51. The molecule has 1 unspecified atom stereocenters. The number of amides is 1. The van der Waals surface area contributed by atoms with Crippen LogP contribution in [-0.4, -0.2) is 19.0 Å². The first-order valence-electron chi connectivity index (χ1n) is 6.64. The van der Waals surface area contributed by atoms with Crippen molar-refractivity contribution in [3.63, 3.8) is 0 Å². The SMILES string of the molecule is Cc1ccc(C(C)C)cc1N1CC(CN)CC1=O. The Balaban J connectivity index is 2.33. The molecule has 1 aromatic rings. The summed E-state index contributed by atoms with van der Waals surface area (Å²) in [5, 5.41) is 0. The third-order valence-electron chi connectivity index (χ3n) is 3.73. The van der Waals surface area contributed by atoms with Crippen molar-refractivity contribution in [2.45, 2.75) is 33.1 Å². The third kappa shape index (κ3) is 2.41. The molecule has 1 fully saturated rings. The maximum atomic E-state index is 12.0. The maximum absolute atomic E-state index is 12.0. The summed E-state index contributed by atoms with van der Waals surface area (Å²) in [7, 11) is 0. The molecule has 0 radical (unpaired) electrons. The van der Waals surface area contributed by atoms with E-state index in [-0.39, 0.29) is 5.91 Å². The van der Waals surface area contributed by atoms with Crippen molar-refractivity contribution in [2.24, 2.45) is 11.7 Å². The van der Waals surface area contributed by atoms with Crippen molar-refractivity contribution in [2.75, 3.05) is 18.0 Å². The number of benzene rings is 1. The zero-order chi connectivity index (χ0) is 13.3. The van der Waals surface area contributed by atoms with Gasteiger partial charge >= 0.3 is 0 Å². The Bertz CT molecular complexity index is 454. The van der Waals surface area contributed by atoms with Gasteiger partial charge in [-0.2, -0.15) is 0 Å². The molecule has 1 atom stereocenters. The molecule has 98 valence electrons. The van der Waals surface area contributed by atoms with Gasteiger partial charge in [0.25, 0.3) is 0 Å². The minimum atomic E-state index is 0.203. The molecule has 1 aliphatic rings. The highest BCUT2D eigenvalue weighted by Gasteiger charge is 2.30. The van der Waals surface area contributed by atoms with Crippen LogP contribution >= 0.6 is 0 Å². The van der Waals surface area contributed by atoms with Gasteiger partial charge in [-0.15, -0.1) is 0 Å². The van der Waals surface area contributed by atoms with E-state index in [1.165, 1.54) is 5.56 Å². The fourth-order valence-electron chi connectivity index (χ4n) is 2.45. The Labute approximate surface area is 109 Å². The van der Waals surface area contributed by atoms with Crippen molar-refractivity contribution in [1.82, 2.24) is 0 Å². The summed E-state index contributed by atoms with van der Waals surface area (Å²) in [5.41, 5.74) is 9.17. The highest BCUT2D eigenvalue weighted by molar-refractivity contribution is 5.96. The van der Waals surface area contributed by atoms with E-state index in [2.05, 4.69) is 39.0 Å². The Morgan fingerprint density at radius 3 is 2.72 bits per heavy atom. The molecule has 0 bridgehead atoms. The summed E-state index contributed by atoms with van der Waals surface area (Å²) in [6, 6.07) is 6.40. The lowest BCUT2D eigenvalue weighted by molar-refractivity contribution is -0.117. The molecule has 2 N–H and O–H groups in total. The van der Waals surface area contributed by atoms with Gasteiger partial charge in [-0.05, 0) is 42.5 Å². The lowest BCUT2D eigenvalue weighted by atomic mass is 10.00. The molecule has 3 heteroatoms. The van der Waals surface area contributed by atoms with Crippen LogP contribution in [0.2, 0.25) is 0 Å². The van der Waals surface area contributed by atoms with Crippen LogP contribution in [0.15, 0.2) is 18.2 Å². The number of carbonyl (C=O) groups excluding carboxylic acids is 1. The summed E-state index contributed by atoms with van der Waals surface area (Å²) in [6.07, 6.45) is 0.585. The maximum Gasteiger partial charge on any atom is 0.227 e. The molecular weight excluding hydrogens is 224 g/mol. The van der Waals surface area contributed by atoms with E-state index < -0.39 is 0 Å². The topological polar surface area (TPSA) is 46.3 Å². The van der Waals surface area contributed by atoms with E-state index in [0.717, 1.165) is 17.8 Å². The first-order valence-corrected chi connectivity index (χ1v) is 6.64. The van der Waals surface area contributed by atoms with E-state index in [0.29, 0.717) is 24.8 Å². The summed E-state index contributed by atoms with van der Waals surface area (Å²) >= 11 is 0. The predicted molar refractivity (Wildman–Crippen MR) is 74.8 cm³/mol. The number of nitrogens with two attached hydrogens (primary N) is 1. The summed E-state index contributed by atoms with van der Waals surface area (Å²) < 4.78 is 0. The minimum absolute atomic E-state index is 0.203. The number of rotatable bonds is 3. The first-order chi connectivity index (χ1) is 8.52. The van der Waals surface area contributed by atoms with Crippen LogP contribution in [0.5, 0.6) is 0 Å². The van der Waals surface area contributed by atoms with Crippen LogP contribution in [-0.2, 0) is 4.79 Å². The molecule has 18 heavy (non-hydrogen) atoms. The van der Waals surface area contributed by atoms with E-state index in [9.17, 15) is 4.79 Å². The van der Waals surface area contributed by atoms with Crippen molar-refractivity contribution in [3.05, 3.63) is 29.3 Å². The second kappa shape index (κ2) is 5.11. The van der Waals surface area contributed by atoms with Crippen molar-refractivity contribution in [1.29, 1.82) is 0 Å². The molecule has 1 heterocycles. The molecule has 1 amide bonds. The highest BCUT2D eigenvalue weighted by atomic mass is 16.2. The zero-order valence-electron chi connectivity index (χ0n) is 11.4. The molecule has 3 nitrogen and oxygen atoms in total. The third-order valence-corrected chi connectivity index (χ3v) is 3.73. The van der Waals surface area contributed by atoms with Gasteiger partial charge in [-0.3, -0.25) is 4.79 Å². The molecule has 0 spiro atoms. The summed E-state index contributed by atoms with van der Waals surface area (Å²) in [5.74, 6) is 0.987. The van der Waals surface area contributed by atoms with Gasteiger partial charge in [0.15, 0.2) is 0 Å². The Morgan fingerprint density at radius 1 is 1.44 bits per heavy atom. The average Bonchev–Trinajstić information content (AvgIpc) is 2.71. The number of carbonyl (C=O) groups is 1. The number of nitrogens with zero attached hydrogens (tertiary/aromatic N) is 1. The summed E-state index contributed by atoms with van der Waals surface area (Å²) in [6.45, 7) is 7.75. The molecule has 1 saturated heterocycles. The fraction of sp³-hybridized carbons (Fsp3) is 0.533. The van der Waals surface area contributed by atoms with Gasteiger partial charge in [0.05, 0.1) is 0 Å². The van der Waals surface area contributed by atoms with Crippen molar-refractivity contribution in [3.8, 4) is 0 Å². The van der Waals surface area contributed by atoms with Crippen LogP contribution in [0.1, 0.15) is 37.3 Å². The van der Waals surface area contributed by atoms with Crippen molar-refractivity contribution < 1.29 is 4.79 Å². The van der Waals surface area contributed by atoms with Crippen LogP contribution in [0, 0.1) is 12.8 Å². The van der Waals surface area contributed by atoms with Gasteiger partial charge < -0.3 is 10.6 Å². The van der Waals surface area contributed by atoms with Gasteiger partial charge in [-0.25, -0.2) is 0 Å². The summed E-state index contributed by atoms with van der Waals surface area (Å²) in [4.78, 5) is 13.9. The lowest BCUT2D eigenvalue weighted by Gasteiger charge is -2.21. The molecule has 0 saturated carbocycles. The number of anilines is 1. The van der Waals surface area contributed by atoms with Crippen LogP contribution in [0.25, 0.3) is 0 Å². The molecular formula is C15H22N2O. The van der Waals surface area contributed by atoms with Gasteiger partial charge in [-0.1, -0.05) is 26.0 Å². The quantitative estimate of drug-likeness (QED) is 0.890. The lowest BCUT2D eigenvalue weighted by Crippen LogP contribution is -2.26. The van der Waals surface area contributed by atoms with Crippen LogP contribution in [0.4, 0.5) is 5.69 Å². The highest BCUT2D eigenvalue weighted by Crippen LogP contribution is 2.30. The smallest absolute Gasteiger partial charge is 0.227 e. The van der Waals surface area contributed by atoms with E-state index in [1.54, 1.807) is 0 Å². The van der Waals surface area contributed by atoms with E-state index in [1.807, 2.05) is 4.90 Å². The second-order valence-corrected chi connectivity index (χ2v) is 5.51. The standard InChI is InChI=1S/C15H22N2O/c1-10(2)13-5-4-11(3)14(7-13)17-9-12(8-16)6-15(17)18/h4-5,7,10,12H,6,8-9,16H2,1-3H3. The fourth-order valence-corrected chi connectivity index (χ4v) is 2.45. The van der Waals surface area contributed by atoms with E-state index in [4.69, 9.17) is 5.73 Å². The molecule has 1 aliphatic heterocycles. The monoisotopic (exact) mass is 246 g/mol. The van der Waals surface area contributed by atoms with Gasteiger partial charge in [0.2, 0.25) is 5.91 Å². The Kier molecular flexibility index (Phi) is 3.71. The van der Waals surface area contributed by atoms with Crippen LogP contribution < -0.4 is 10.6 Å². The Morgan fingerprint density at radius 2 is 2.17 bits per heavy atom. The number of hydrogen-bond acceptors (Lipinski definition) is 2. The largest absolute Gasteiger partial charge is 0.330 e. The van der Waals surface area contributed by atoms with Crippen LogP contribution in [0.3, 0.4) is 0 Å². The van der Waals surface area contributed by atoms with Gasteiger partial charge in [0, 0.05) is 18.7 Å². The molecule has 0 aromatic heterocycles. The van der Waals surface area contributed by atoms with Gasteiger partial charge in [0.1, 0.15) is 0 Å². The molecule has 2 rings (SSSR count). The predicted octanol–water partition coefficient (Wildman–Crippen LogP) is 2.43. The normalized spacial score (nSPS) is 19.9.